The summed E-state index contributed by atoms with van der Waals surface area (Å²) in [5.41, 5.74) is 0. The van der Waals surface area contributed by atoms with Crippen molar-refractivity contribution in [1.29, 1.82) is 0 Å². The van der Waals surface area contributed by atoms with Gasteiger partial charge < -0.3 is 4.74 Å². The Bertz CT molecular complexity index is 260. The molecule has 0 aromatic carbocycles. The molecular weight excluding hydrogens is 140 g/mol. The topological polar surface area (TPSA) is 35.0 Å². The monoisotopic (exact) mass is 148 g/mol. The lowest BCUT2D eigenvalue weighted by Gasteiger charge is -1.96. The van der Waals surface area contributed by atoms with E-state index >= 15 is 0 Å². The van der Waals surface area contributed by atoms with Crippen LogP contribution in [-0.2, 0) is 0 Å². The van der Waals surface area contributed by atoms with Crippen LogP contribution in [0.15, 0.2) is 18.6 Å². The van der Waals surface area contributed by atoms with Crippen molar-refractivity contribution < 1.29 is 4.74 Å². The SMILES string of the molecule is CC#CCOc1ccncn1. The number of hydrogen-bond donors (Lipinski definition) is 0. The third-order valence-corrected chi connectivity index (χ3v) is 1.02. The van der Waals surface area contributed by atoms with Crippen LogP contribution in [0.1, 0.15) is 6.92 Å². The van der Waals surface area contributed by atoms with E-state index in [0.717, 1.165) is 0 Å². The molecule has 56 valence electrons. The summed E-state index contributed by atoms with van der Waals surface area (Å²) in [6.07, 6.45) is 3.07. The molecule has 0 unspecified atom stereocenters. The highest BCUT2D eigenvalue weighted by Crippen LogP contribution is 1.99. The van der Waals surface area contributed by atoms with Crippen molar-refractivity contribution >= 4 is 0 Å². The molecule has 1 aromatic rings. The minimum atomic E-state index is 0.382. The van der Waals surface area contributed by atoms with E-state index in [4.69, 9.17) is 4.74 Å². The van der Waals surface area contributed by atoms with Crippen LogP contribution >= 0.6 is 0 Å². The molecule has 1 rings (SSSR count). The molecule has 0 saturated carbocycles. The summed E-state index contributed by atoms with van der Waals surface area (Å²) in [6, 6.07) is 1.69. The van der Waals surface area contributed by atoms with Gasteiger partial charge in [-0.15, -0.1) is 5.92 Å². The Morgan fingerprint density at radius 1 is 1.64 bits per heavy atom. The molecule has 0 fully saturated rings. The Labute approximate surface area is 65.4 Å². The molecule has 0 N–H and O–H groups in total. The lowest BCUT2D eigenvalue weighted by Crippen LogP contribution is -1.95. The van der Waals surface area contributed by atoms with E-state index in [-0.39, 0.29) is 0 Å². The maximum atomic E-state index is 5.12. The molecule has 0 atom stereocenters. The fourth-order valence-corrected chi connectivity index (χ4v) is 0.546. The van der Waals surface area contributed by atoms with Crippen LogP contribution in [-0.4, -0.2) is 16.6 Å². The summed E-state index contributed by atoms with van der Waals surface area (Å²) in [7, 11) is 0. The van der Waals surface area contributed by atoms with Gasteiger partial charge in [-0.2, -0.15) is 0 Å². The van der Waals surface area contributed by atoms with Crippen LogP contribution in [0.2, 0.25) is 0 Å². The van der Waals surface area contributed by atoms with Crippen molar-refractivity contribution in [1.82, 2.24) is 9.97 Å². The smallest absolute Gasteiger partial charge is 0.217 e. The standard InChI is InChI=1S/C8H8N2O/c1-2-3-6-11-8-4-5-9-7-10-8/h4-5,7H,6H2,1H3. The van der Waals surface area contributed by atoms with E-state index in [2.05, 4.69) is 21.8 Å². The molecule has 11 heavy (non-hydrogen) atoms. The van der Waals surface area contributed by atoms with Crippen LogP contribution in [0.3, 0.4) is 0 Å². The molecule has 0 aliphatic rings. The van der Waals surface area contributed by atoms with E-state index in [1.807, 2.05) is 0 Å². The third-order valence-electron chi connectivity index (χ3n) is 1.02. The zero-order chi connectivity index (χ0) is 7.94. The van der Waals surface area contributed by atoms with Crippen molar-refractivity contribution in [2.75, 3.05) is 6.61 Å². The number of nitrogens with zero attached hydrogens (tertiary/aromatic N) is 2. The van der Waals surface area contributed by atoms with Gasteiger partial charge in [0, 0.05) is 12.3 Å². The summed E-state index contributed by atoms with van der Waals surface area (Å²) in [4.78, 5) is 7.60. The van der Waals surface area contributed by atoms with Gasteiger partial charge in [-0.3, -0.25) is 0 Å². The molecule has 0 amide bonds. The number of aromatic nitrogens is 2. The van der Waals surface area contributed by atoms with Gasteiger partial charge >= 0.3 is 0 Å². The average Bonchev–Trinajstić information content (AvgIpc) is 2.07. The molecule has 3 heteroatoms. The van der Waals surface area contributed by atoms with Gasteiger partial charge in [0.2, 0.25) is 5.88 Å². The first kappa shape index (κ1) is 7.55. The molecule has 1 heterocycles. The highest BCUT2D eigenvalue weighted by Gasteiger charge is 1.88. The van der Waals surface area contributed by atoms with E-state index < -0.39 is 0 Å². The predicted molar refractivity (Wildman–Crippen MR) is 41.0 cm³/mol. The number of hydrogen-bond acceptors (Lipinski definition) is 3. The largest absolute Gasteiger partial charge is 0.464 e. The number of ether oxygens (including phenoxy) is 1. The van der Waals surface area contributed by atoms with Gasteiger partial charge in [-0.1, -0.05) is 5.92 Å². The lowest BCUT2D eigenvalue weighted by atomic mass is 10.6. The first-order valence-electron chi connectivity index (χ1n) is 3.22. The van der Waals surface area contributed by atoms with E-state index in [1.165, 1.54) is 6.33 Å². The molecule has 0 spiro atoms. The van der Waals surface area contributed by atoms with Gasteiger partial charge in [0.1, 0.15) is 6.33 Å². The lowest BCUT2D eigenvalue weighted by molar-refractivity contribution is 0.354. The van der Waals surface area contributed by atoms with Crippen molar-refractivity contribution in [2.24, 2.45) is 0 Å². The van der Waals surface area contributed by atoms with Crippen LogP contribution < -0.4 is 4.74 Å². The minimum Gasteiger partial charge on any atom is -0.464 e. The second-order valence-corrected chi connectivity index (χ2v) is 1.76. The van der Waals surface area contributed by atoms with Crippen molar-refractivity contribution in [3.05, 3.63) is 18.6 Å². The van der Waals surface area contributed by atoms with Crippen molar-refractivity contribution in [3.63, 3.8) is 0 Å². The van der Waals surface area contributed by atoms with E-state index in [1.54, 1.807) is 19.2 Å². The Morgan fingerprint density at radius 3 is 3.18 bits per heavy atom. The van der Waals surface area contributed by atoms with E-state index in [9.17, 15) is 0 Å². The van der Waals surface area contributed by atoms with Gasteiger partial charge in [0.05, 0.1) is 0 Å². The van der Waals surface area contributed by atoms with Crippen molar-refractivity contribution in [2.45, 2.75) is 6.92 Å². The average molecular weight is 148 g/mol. The van der Waals surface area contributed by atoms with E-state index in [0.29, 0.717) is 12.5 Å². The molecule has 0 aliphatic heterocycles. The van der Waals surface area contributed by atoms with Crippen LogP contribution in [0, 0.1) is 11.8 Å². The Hall–Kier alpha value is -1.56. The normalized spacial score (nSPS) is 8.09. The van der Waals surface area contributed by atoms with Gasteiger partial charge in [-0.05, 0) is 6.92 Å². The zero-order valence-electron chi connectivity index (χ0n) is 6.24. The molecule has 0 bridgehead atoms. The van der Waals surface area contributed by atoms with Crippen molar-refractivity contribution in [3.8, 4) is 17.7 Å². The molecule has 3 nitrogen and oxygen atoms in total. The summed E-state index contributed by atoms with van der Waals surface area (Å²) >= 11 is 0. The molecule has 0 radical (unpaired) electrons. The Kier molecular flexibility index (Phi) is 2.94. The second kappa shape index (κ2) is 4.29. The minimum absolute atomic E-state index is 0.382. The fourth-order valence-electron chi connectivity index (χ4n) is 0.546. The summed E-state index contributed by atoms with van der Waals surface area (Å²) < 4.78 is 5.12. The van der Waals surface area contributed by atoms with Gasteiger partial charge in [0.25, 0.3) is 0 Å². The molecule has 0 aliphatic carbocycles. The molecule has 0 saturated heterocycles. The zero-order valence-corrected chi connectivity index (χ0v) is 6.24. The maximum Gasteiger partial charge on any atom is 0.217 e. The van der Waals surface area contributed by atoms with Crippen LogP contribution in [0.5, 0.6) is 5.88 Å². The van der Waals surface area contributed by atoms with Gasteiger partial charge in [-0.25, -0.2) is 9.97 Å². The Morgan fingerprint density at radius 2 is 2.55 bits per heavy atom. The van der Waals surface area contributed by atoms with Gasteiger partial charge in [0.15, 0.2) is 6.61 Å². The molecular formula is C8H8N2O. The summed E-state index contributed by atoms with van der Waals surface area (Å²) in [6.45, 7) is 2.15. The first-order valence-corrected chi connectivity index (χ1v) is 3.22. The van der Waals surface area contributed by atoms with Crippen LogP contribution in [0.25, 0.3) is 0 Å². The van der Waals surface area contributed by atoms with Crippen LogP contribution in [0.4, 0.5) is 0 Å². The number of rotatable bonds is 2. The quantitative estimate of drug-likeness (QED) is 0.584. The first-order chi connectivity index (χ1) is 5.43. The highest BCUT2D eigenvalue weighted by molar-refractivity contribution is 5.06. The highest BCUT2D eigenvalue weighted by atomic mass is 16.5. The second-order valence-electron chi connectivity index (χ2n) is 1.76. The fraction of sp³-hybridized carbons (Fsp3) is 0.250. The third kappa shape index (κ3) is 2.67. The summed E-state index contributed by atoms with van der Waals surface area (Å²) in [5.74, 6) is 6.04. The Balaban J connectivity index is 2.43. The maximum absolute atomic E-state index is 5.12. The summed E-state index contributed by atoms with van der Waals surface area (Å²) in [5, 5.41) is 0. The predicted octanol–water partition coefficient (Wildman–Crippen LogP) is 0.879. The molecule has 1 aromatic heterocycles.